The fourth-order valence-electron chi connectivity index (χ4n) is 2.60. The van der Waals surface area contributed by atoms with Crippen molar-refractivity contribution < 1.29 is 9.47 Å². The number of methoxy groups -OCH3 is 2. The van der Waals surface area contributed by atoms with E-state index < -0.39 is 0 Å². The zero-order valence-corrected chi connectivity index (χ0v) is 13.3. The van der Waals surface area contributed by atoms with Crippen molar-refractivity contribution in [2.45, 2.75) is 25.0 Å². The van der Waals surface area contributed by atoms with E-state index in [1.807, 2.05) is 11.8 Å². The molecule has 0 bridgehead atoms. The highest BCUT2D eigenvalue weighted by molar-refractivity contribution is 7.99. The first kappa shape index (κ1) is 14.9. The van der Waals surface area contributed by atoms with Crippen LogP contribution in [0.5, 0.6) is 11.5 Å². The van der Waals surface area contributed by atoms with Crippen LogP contribution in [0.3, 0.4) is 0 Å². The van der Waals surface area contributed by atoms with Gasteiger partial charge in [0.2, 0.25) is 0 Å². The van der Waals surface area contributed by atoms with Crippen molar-refractivity contribution in [1.29, 1.82) is 0 Å². The van der Waals surface area contributed by atoms with Crippen molar-refractivity contribution in [1.82, 2.24) is 0 Å². The van der Waals surface area contributed by atoms with Crippen LogP contribution in [0, 0.1) is 5.92 Å². The minimum absolute atomic E-state index is 0.516. The van der Waals surface area contributed by atoms with Crippen molar-refractivity contribution in [3.05, 3.63) is 23.3 Å². The van der Waals surface area contributed by atoms with E-state index in [1.54, 1.807) is 14.2 Å². The highest BCUT2D eigenvalue weighted by atomic mass is 35.5. The Kier molecular flexibility index (Phi) is 5.28. The standard InChI is InChI=1S/C15H21ClO2S/c1-10(4-6-16)15-12-9-14(18-3)13(17-2)8-11(12)5-7-19-15/h8-10,15H,4-7H2,1-3H3. The van der Waals surface area contributed by atoms with Crippen LogP contribution in [0.2, 0.25) is 0 Å². The summed E-state index contributed by atoms with van der Waals surface area (Å²) in [6, 6.07) is 4.28. The summed E-state index contributed by atoms with van der Waals surface area (Å²) >= 11 is 7.93. The monoisotopic (exact) mass is 300 g/mol. The van der Waals surface area contributed by atoms with Gasteiger partial charge < -0.3 is 9.47 Å². The van der Waals surface area contributed by atoms with Gasteiger partial charge in [-0.25, -0.2) is 0 Å². The number of aryl methyl sites for hydroxylation is 1. The summed E-state index contributed by atoms with van der Waals surface area (Å²) in [6.45, 7) is 2.28. The lowest BCUT2D eigenvalue weighted by Crippen LogP contribution is -2.15. The molecular formula is C15H21ClO2S. The summed E-state index contributed by atoms with van der Waals surface area (Å²) in [5, 5.41) is 0.516. The average Bonchev–Trinajstić information content (AvgIpc) is 2.45. The third kappa shape index (κ3) is 3.14. The number of halogens is 1. The maximum absolute atomic E-state index is 5.89. The molecule has 0 N–H and O–H groups in total. The van der Waals surface area contributed by atoms with Crippen molar-refractivity contribution in [3.8, 4) is 11.5 Å². The minimum atomic E-state index is 0.516. The molecule has 2 rings (SSSR count). The van der Waals surface area contributed by atoms with Crippen LogP contribution in [-0.2, 0) is 6.42 Å². The molecule has 1 aliphatic heterocycles. The van der Waals surface area contributed by atoms with Gasteiger partial charge in [-0.2, -0.15) is 11.8 Å². The third-order valence-corrected chi connectivity index (χ3v) is 5.44. The SMILES string of the molecule is COc1cc2c(cc1OC)C(C(C)CCCl)SCC2. The van der Waals surface area contributed by atoms with E-state index in [9.17, 15) is 0 Å². The number of ether oxygens (including phenoxy) is 2. The first-order valence-corrected chi connectivity index (χ1v) is 8.22. The molecule has 0 aromatic heterocycles. The number of alkyl halides is 1. The molecule has 0 aliphatic carbocycles. The highest BCUT2D eigenvalue weighted by Gasteiger charge is 2.27. The van der Waals surface area contributed by atoms with Gasteiger partial charge in [-0.15, -0.1) is 11.6 Å². The Hall–Kier alpha value is -0.540. The Balaban J connectivity index is 2.37. The Bertz CT molecular complexity index is 436. The van der Waals surface area contributed by atoms with E-state index in [1.165, 1.54) is 16.9 Å². The van der Waals surface area contributed by atoms with Crippen LogP contribution >= 0.6 is 23.4 Å². The van der Waals surface area contributed by atoms with Crippen molar-refractivity contribution in [3.63, 3.8) is 0 Å². The van der Waals surface area contributed by atoms with Gasteiger partial charge in [-0.3, -0.25) is 0 Å². The summed E-state index contributed by atoms with van der Waals surface area (Å²) in [7, 11) is 3.38. The third-order valence-electron chi connectivity index (χ3n) is 3.70. The van der Waals surface area contributed by atoms with E-state index in [0.29, 0.717) is 11.2 Å². The molecule has 0 fully saturated rings. The summed E-state index contributed by atoms with van der Waals surface area (Å²) in [6.07, 6.45) is 2.15. The number of thioether (sulfide) groups is 1. The van der Waals surface area contributed by atoms with Gasteiger partial charge in [0.25, 0.3) is 0 Å². The van der Waals surface area contributed by atoms with Crippen LogP contribution in [0.1, 0.15) is 29.7 Å². The molecule has 1 heterocycles. The van der Waals surface area contributed by atoms with Crippen LogP contribution in [0.25, 0.3) is 0 Å². The van der Waals surface area contributed by atoms with Gasteiger partial charge in [-0.05, 0) is 47.8 Å². The fraction of sp³-hybridized carbons (Fsp3) is 0.600. The fourth-order valence-corrected chi connectivity index (χ4v) is 4.40. The van der Waals surface area contributed by atoms with Gasteiger partial charge in [-0.1, -0.05) is 6.92 Å². The van der Waals surface area contributed by atoms with Crippen molar-refractivity contribution in [2.75, 3.05) is 25.9 Å². The maximum Gasteiger partial charge on any atom is 0.161 e. The topological polar surface area (TPSA) is 18.5 Å². The molecule has 106 valence electrons. The Morgan fingerprint density at radius 1 is 1.32 bits per heavy atom. The van der Waals surface area contributed by atoms with Crippen molar-refractivity contribution in [2.24, 2.45) is 5.92 Å². The molecule has 2 nitrogen and oxygen atoms in total. The van der Waals surface area contributed by atoms with E-state index in [0.717, 1.165) is 30.2 Å². The summed E-state index contributed by atoms with van der Waals surface area (Å²) in [4.78, 5) is 0. The van der Waals surface area contributed by atoms with E-state index in [-0.39, 0.29) is 0 Å². The lowest BCUT2D eigenvalue weighted by atomic mass is 9.92. The van der Waals surface area contributed by atoms with Gasteiger partial charge >= 0.3 is 0 Å². The van der Waals surface area contributed by atoms with Gasteiger partial charge in [0, 0.05) is 11.1 Å². The average molecular weight is 301 g/mol. The lowest BCUT2D eigenvalue weighted by molar-refractivity contribution is 0.353. The lowest BCUT2D eigenvalue weighted by Gasteiger charge is -2.30. The maximum atomic E-state index is 5.89. The van der Waals surface area contributed by atoms with E-state index in [4.69, 9.17) is 21.1 Å². The Morgan fingerprint density at radius 2 is 2.00 bits per heavy atom. The number of fused-ring (bicyclic) bond motifs is 1. The highest BCUT2D eigenvalue weighted by Crippen LogP contribution is 2.46. The molecule has 0 spiro atoms. The molecule has 0 saturated carbocycles. The van der Waals surface area contributed by atoms with Crippen LogP contribution in [0.15, 0.2) is 12.1 Å². The molecule has 0 saturated heterocycles. The Morgan fingerprint density at radius 3 is 2.63 bits per heavy atom. The Labute approximate surface area is 124 Å². The number of benzene rings is 1. The first-order valence-electron chi connectivity index (χ1n) is 6.63. The normalized spacial score (nSPS) is 19.7. The van der Waals surface area contributed by atoms with Crippen LogP contribution in [-0.4, -0.2) is 25.9 Å². The molecule has 1 aliphatic rings. The van der Waals surface area contributed by atoms with E-state index in [2.05, 4.69) is 19.1 Å². The molecule has 2 atom stereocenters. The summed E-state index contributed by atoms with van der Waals surface area (Å²) in [5.74, 6) is 4.13. The van der Waals surface area contributed by atoms with Crippen LogP contribution < -0.4 is 9.47 Å². The number of rotatable bonds is 5. The number of hydrogen-bond donors (Lipinski definition) is 0. The summed E-state index contributed by atoms with van der Waals surface area (Å²) in [5.41, 5.74) is 2.79. The predicted molar refractivity (Wildman–Crippen MR) is 83.0 cm³/mol. The van der Waals surface area contributed by atoms with E-state index >= 15 is 0 Å². The molecule has 1 aromatic carbocycles. The second-order valence-corrected chi connectivity index (χ2v) is 6.53. The minimum Gasteiger partial charge on any atom is -0.493 e. The van der Waals surface area contributed by atoms with Crippen LogP contribution in [0.4, 0.5) is 0 Å². The molecular weight excluding hydrogens is 280 g/mol. The summed E-state index contributed by atoms with van der Waals surface area (Å²) < 4.78 is 10.8. The quantitative estimate of drug-likeness (QED) is 0.755. The molecule has 19 heavy (non-hydrogen) atoms. The number of hydrogen-bond acceptors (Lipinski definition) is 3. The largest absolute Gasteiger partial charge is 0.493 e. The van der Waals surface area contributed by atoms with Gasteiger partial charge in [0.15, 0.2) is 11.5 Å². The molecule has 0 radical (unpaired) electrons. The zero-order chi connectivity index (χ0) is 13.8. The van der Waals surface area contributed by atoms with Crippen molar-refractivity contribution >= 4 is 23.4 Å². The predicted octanol–water partition coefficient (Wildman–Crippen LogP) is 4.30. The van der Waals surface area contributed by atoms with Gasteiger partial charge in [0.1, 0.15) is 0 Å². The second kappa shape index (κ2) is 6.76. The second-order valence-electron chi connectivity index (χ2n) is 4.90. The molecule has 4 heteroatoms. The molecule has 2 unspecified atom stereocenters. The van der Waals surface area contributed by atoms with Gasteiger partial charge in [0.05, 0.1) is 14.2 Å². The zero-order valence-electron chi connectivity index (χ0n) is 11.7. The smallest absolute Gasteiger partial charge is 0.161 e. The molecule has 0 amide bonds. The first-order chi connectivity index (χ1) is 9.21. The molecule has 1 aromatic rings.